The summed E-state index contributed by atoms with van der Waals surface area (Å²) in [4.78, 5) is 22.1. The maximum absolute atomic E-state index is 11.9. The van der Waals surface area contributed by atoms with Crippen LogP contribution < -0.4 is 4.90 Å². The number of methoxy groups -OCH3 is 1. The molecule has 0 atom stereocenters. The second-order valence-corrected chi connectivity index (χ2v) is 7.12. The van der Waals surface area contributed by atoms with Crippen LogP contribution >= 0.6 is 0 Å². The highest BCUT2D eigenvalue weighted by Crippen LogP contribution is 2.29. The predicted octanol–water partition coefficient (Wildman–Crippen LogP) is 3.24. The van der Waals surface area contributed by atoms with Crippen LogP contribution in [-0.4, -0.2) is 59.5 Å². The van der Waals surface area contributed by atoms with Crippen molar-refractivity contribution >= 4 is 22.6 Å². The minimum absolute atomic E-state index is 0.385. The standard InChI is InChI=1S/C22H21N5O3/c1-29-22(28)15-5-6-18-17(12-15)20(26-25-18)21-23-13-19(24-21)14-3-2-4-16(11-14)27-7-9-30-10-8-27/h2-6,11-13H,7-10H2,1H3,(H,23,24)(H,25,26). The molecule has 3 heterocycles. The zero-order chi connectivity index (χ0) is 20.5. The lowest BCUT2D eigenvalue weighted by Crippen LogP contribution is -2.36. The second kappa shape index (κ2) is 7.64. The van der Waals surface area contributed by atoms with Crippen LogP contribution in [0.15, 0.2) is 48.7 Å². The Morgan fingerprint density at radius 2 is 2.03 bits per heavy atom. The quantitative estimate of drug-likeness (QED) is 0.508. The van der Waals surface area contributed by atoms with Crippen LogP contribution in [0, 0.1) is 0 Å². The van der Waals surface area contributed by atoms with Crippen molar-refractivity contribution in [1.82, 2.24) is 20.2 Å². The molecule has 2 N–H and O–H groups in total. The number of hydrogen-bond donors (Lipinski definition) is 2. The summed E-state index contributed by atoms with van der Waals surface area (Å²) in [5.74, 6) is 0.249. The van der Waals surface area contributed by atoms with E-state index in [9.17, 15) is 4.79 Å². The largest absolute Gasteiger partial charge is 0.465 e. The molecule has 0 saturated carbocycles. The fraction of sp³-hybridized carbons (Fsp3) is 0.227. The first-order valence-electron chi connectivity index (χ1n) is 9.78. The molecule has 0 spiro atoms. The third-order valence-corrected chi connectivity index (χ3v) is 5.32. The fourth-order valence-corrected chi connectivity index (χ4v) is 3.72. The number of nitrogens with zero attached hydrogens (tertiary/aromatic N) is 3. The number of aromatic nitrogens is 4. The lowest BCUT2D eigenvalue weighted by molar-refractivity contribution is 0.0601. The molecule has 0 unspecified atom stereocenters. The van der Waals surface area contributed by atoms with Crippen LogP contribution in [0.3, 0.4) is 0 Å². The van der Waals surface area contributed by atoms with Crippen molar-refractivity contribution in [3.63, 3.8) is 0 Å². The van der Waals surface area contributed by atoms with Crippen LogP contribution in [0.1, 0.15) is 10.4 Å². The summed E-state index contributed by atoms with van der Waals surface area (Å²) in [7, 11) is 1.37. The summed E-state index contributed by atoms with van der Waals surface area (Å²) in [6.07, 6.45) is 1.80. The maximum atomic E-state index is 11.9. The van der Waals surface area contributed by atoms with Crippen molar-refractivity contribution in [2.75, 3.05) is 38.3 Å². The Kier molecular flexibility index (Phi) is 4.68. The Morgan fingerprint density at radius 1 is 1.17 bits per heavy atom. The summed E-state index contributed by atoms with van der Waals surface area (Å²) in [5, 5.41) is 8.19. The number of hydrogen-bond acceptors (Lipinski definition) is 6. The van der Waals surface area contributed by atoms with E-state index in [1.54, 1.807) is 18.3 Å². The summed E-state index contributed by atoms with van der Waals surface area (Å²) in [6.45, 7) is 3.27. The Labute approximate surface area is 172 Å². The molecular weight excluding hydrogens is 382 g/mol. The molecule has 0 amide bonds. The SMILES string of the molecule is COC(=O)c1ccc2[nH]nc(-c3ncc(-c4cccc(N5CCOCC5)c4)[nH]3)c2c1. The Bertz CT molecular complexity index is 1210. The Hall–Kier alpha value is -3.65. The Balaban J connectivity index is 1.48. The molecule has 30 heavy (non-hydrogen) atoms. The van der Waals surface area contributed by atoms with Gasteiger partial charge in [-0.15, -0.1) is 0 Å². The number of H-pyrrole nitrogens is 2. The molecule has 4 aromatic rings. The Morgan fingerprint density at radius 3 is 2.87 bits per heavy atom. The number of nitrogens with one attached hydrogen (secondary N) is 2. The van der Waals surface area contributed by atoms with Crippen LogP contribution in [0.25, 0.3) is 33.7 Å². The number of morpholine rings is 1. The number of esters is 1. The van der Waals surface area contributed by atoms with Gasteiger partial charge in [0.1, 0.15) is 5.69 Å². The average Bonchev–Trinajstić information content (AvgIpc) is 3.46. The number of imidazole rings is 1. The van der Waals surface area contributed by atoms with E-state index in [-0.39, 0.29) is 5.97 Å². The highest BCUT2D eigenvalue weighted by Gasteiger charge is 2.16. The first kappa shape index (κ1) is 18.4. The van der Waals surface area contributed by atoms with E-state index in [2.05, 4.69) is 43.3 Å². The maximum Gasteiger partial charge on any atom is 0.337 e. The summed E-state index contributed by atoms with van der Waals surface area (Å²) in [6, 6.07) is 13.7. The molecule has 0 aliphatic carbocycles. The molecule has 0 bridgehead atoms. The van der Waals surface area contributed by atoms with Crippen molar-refractivity contribution in [3.05, 3.63) is 54.2 Å². The van der Waals surface area contributed by atoms with Gasteiger partial charge in [-0.25, -0.2) is 9.78 Å². The van der Waals surface area contributed by atoms with E-state index >= 15 is 0 Å². The lowest BCUT2D eigenvalue weighted by Gasteiger charge is -2.29. The van der Waals surface area contributed by atoms with E-state index in [4.69, 9.17) is 9.47 Å². The van der Waals surface area contributed by atoms with Gasteiger partial charge >= 0.3 is 5.97 Å². The molecule has 1 aliphatic rings. The molecule has 8 nitrogen and oxygen atoms in total. The van der Waals surface area contributed by atoms with Gasteiger partial charge in [0.05, 0.1) is 43.3 Å². The van der Waals surface area contributed by atoms with E-state index in [0.29, 0.717) is 17.1 Å². The number of rotatable bonds is 4. The first-order valence-corrected chi connectivity index (χ1v) is 9.78. The van der Waals surface area contributed by atoms with E-state index in [1.807, 2.05) is 12.1 Å². The van der Waals surface area contributed by atoms with Gasteiger partial charge in [-0.05, 0) is 30.3 Å². The lowest BCUT2D eigenvalue weighted by atomic mass is 10.1. The monoisotopic (exact) mass is 403 g/mol. The minimum Gasteiger partial charge on any atom is -0.465 e. The van der Waals surface area contributed by atoms with Gasteiger partial charge in [0.25, 0.3) is 0 Å². The van der Waals surface area contributed by atoms with Crippen LogP contribution in [-0.2, 0) is 9.47 Å². The summed E-state index contributed by atoms with van der Waals surface area (Å²) >= 11 is 0. The van der Waals surface area contributed by atoms with Crippen molar-refractivity contribution in [2.45, 2.75) is 0 Å². The second-order valence-electron chi connectivity index (χ2n) is 7.12. The first-order chi connectivity index (χ1) is 14.7. The van der Waals surface area contributed by atoms with E-state index in [0.717, 1.165) is 48.5 Å². The van der Waals surface area contributed by atoms with Gasteiger partial charge in [-0.2, -0.15) is 5.10 Å². The third-order valence-electron chi connectivity index (χ3n) is 5.32. The normalized spacial score (nSPS) is 14.2. The molecule has 1 fully saturated rings. The highest BCUT2D eigenvalue weighted by molar-refractivity contribution is 5.98. The minimum atomic E-state index is -0.385. The van der Waals surface area contributed by atoms with Crippen molar-refractivity contribution < 1.29 is 14.3 Å². The smallest absolute Gasteiger partial charge is 0.337 e. The number of anilines is 1. The fourth-order valence-electron chi connectivity index (χ4n) is 3.72. The number of benzene rings is 2. The molecule has 5 rings (SSSR count). The molecule has 0 radical (unpaired) electrons. The van der Waals surface area contributed by atoms with Crippen molar-refractivity contribution in [3.8, 4) is 22.8 Å². The third kappa shape index (κ3) is 3.31. The summed E-state index contributed by atoms with van der Waals surface area (Å²) < 4.78 is 10.3. The van der Waals surface area contributed by atoms with Crippen LogP contribution in [0.4, 0.5) is 5.69 Å². The molecule has 1 aliphatic heterocycles. The summed E-state index contributed by atoms with van der Waals surface area (Å²) in [5.41, 5.74) is 5.07. The van der Waals surface area contributed by atoms with E-state index < -0.39 is 0 Å². The number of carbonyl (C=O) groups excluding carboxylic acids is 1. The van der Waals surface area contributed by atoms with Crippen molar-refractivity contribution in [2.24, 2.45) is 0 Å². The topological polar surface area (TPSA) is 96.1 Å². The van der Waals surface area contributed by atoms with Gasteiger partial charge in [-0.1, -0.05) is 12.1 Å². The number of carbonyl (C=O) groups is 1. The highest BCUT2D eigenvalue weighted by atomic mass is 16.5. The molecular formula is C22H21N5O3. The predicted molar refractivity (Wildman–Crippen MR) is 113 cm³/mol. The van der Waals surface area contributed by atoms with Gasteiger partial charge < -0.3 is 19.4 Å². The molecule has 152 valence electrons. The van der Waals surface area contributed by atoms with Crippen LogP contribution in [0.5, 0.6) is 0 Å². The van der Waals surface area contributed by atoms with Crippen LogP contribution in [0.2, 0.25) is 0 Å². The number of aromatic amines is 2. The van der Waals surface area contributed by atoms with E-state index in [1.165, 1.54) is 12.8 Å². The molecule has 8 heteroatoms. The van der Waals surface area contributed by atoms with Gasteiger partial charge in [0.2, 0.25) is 0 Å². The van der Waals surface area contributed by atoms with Gasteiger partial charge in [0.15, 0.2) is 5.82 Å². The number of fused-ring (bicyclic) bond motifs is 1. The molecule has 2 aromatic heterocycles. The number of ether oxygens (including phenoxy) is 2. The average molecular weight is 403 g/mol. The zero-order valence-corrected chi connectivity index (χ0v) is 16.5. The molecule has 2 aromatic carbocycles. The molecule has 1 saturated heterocycles. The van der Waals surface area contributed by atoms with Crippen molar-refractivity contribution in [1.29, 1.82) is 0 Å². The van der Waals surface area contributed by atoms with Gasteiger partial charge in [-0.3, -0.25) is 5.10 Å². The van der Waals surface area contributed by atoms with Gasteiger partial charge in [0, 0.05) is 29.7 Å². The zero-order valence-electron chi connectivity index (χ0n) is 16.5.